The number of nitrogens with one attached hydrogen (secondary N) is 1. The van der Waals surface area contributed by atoms with Gasteiger partial charge in [-0.3, -0.25) is 0 Å². The molecule has 0 unspecified atom stereocenters. The Kier molecular flexibility index (Phi) is 9.54. The van der Waals surface area contributed by atoms with Gasteiger partial charge in [0.1, 0.15) is 5.75 Å². The van der Waals surface area contributed by atoms with Gasteiger partial charge in [-0.1, -0.05) is 39.8 Å². The van der Waals surface area contributed by atoms with Crippen LogP contribution < -0.4 is 8.38 Å². The average molecular weight is 485 g/mol. The van der Waals surface area contributed by atoms with Gasteiger partial charge in [0.2, 0.25) is 0 Å². The molecule has 0 aliphatic heterocycles. The zero-order chi connectivity index (χ0) is 19.7. The molecule has 0 aromatic heterocycles. The summed E-state index contributed by atoms with van der Waals surface area (Å²) in [6.45, 7) is 8.79. The maximum atomic E-state index is 7.00. The van der Waals surface area contributed by atoms with Crippen LogP contribution in [0.4, 0.5) is 5.69 Å². The number of thiol groups is 1. The van der Waals surface area contributed by atoms with Crippen LogP contribution in [0.1, 0.15) is 45.2 Å². The van der Waals surface area contributed by atoms with Gasteiger partial charge < -0.3 is 13.5 Å². The summed E-state index contributed by atoms with van der Waals surface area (Å²) in [6, 6.07) is 14.4. The molecule has 2 N–H and O–H groups in total. The molecular formula is C21H28INO2S. The zero-order valence-electron chi connectivity index (χ0n) is 16.0. The van der Waals surface area contributed by atoms with Gasteiger partial charge in [-0.25, -0.2) is 0 Å². The summed E-state index contributed by atoms with van der Waals surface area (Å²) in [5, 5.41) is 10.5. The molecule has 2 aromatic carbocycles. The Morgan fingerprint density at radius 1 is 1.15 bits per heavy atom. The van der Waals surface area contributed by atoms with Crippen molar-refractivity contribution in [2.24, 2.45) is 0 Å². The predicted molar refractivity (Wildman–Crippen MR) is 124 cm³/mol. The molecule has 2 aromatic rings. The van der Waals surface area contributed by atoms with Crippen LogP contribution >= 0.6 is 35.6 Å². The minimum atomic E-state index is 0.0592. The van der Waals surface area contributed by atoms with Gasteiger partial charge in [-0.2, -0.15) is 0 Å². The first kappa shape index (κ1) is 22.9. The quantitative estimate of drug-likeness (QED) is 0.336. The third-order valence-electron chi connectivity index (χ3n) is 3.75. The van der Waals surface area contributed by atoms with Crippen LogP contribution in [-0.2, 0) is 5.41 Å². The number of halogens is 1. The van der Waals surface area contributed by atoms with Crippen LogP contribution in [0.15, 0.2) is 53.4 Å². The van der Waals surface area contributed by atoms with Crippen LogP contribution in [0.2, 0.25) is 0 Å². The fraction of sp³-hybridized carbons (Fsp3) is 0.333. The van der Waals surface area contributed by atoms with E-state index in [0.717, 1.165) is 35.6 Å². The number of rotatable bonds is 5. The first-order chi connectivity index (χ1) is 12.3. The smallest absolute Gasteiger partial charge is 0.192 e. The van der Waals surface area contributed by atoms with Crippen LogP contribution in [0, 0.1) is 0 Å². The lowest BCUT2D eigenvalue weighted by Crippen LogP contribution is -2.13. The number of hydrogen-bond acceptors (Lipinski definition) is 4. The Morgan fingerprint density at radius 3 is 2.27 bits per heavy atom. The number of benzene rings is 2. The topological polar surface area (TPSA) is 41.5 Å². The Morgan fingerprint density at radius 2 is 1.77 bits per heavy atom. The van der Waals surface area contributed by atoms with Crippen LogP contribution in [0.5, 0.6) is 5.75 Å². The summed E-state index contributed by atoms with van der Waals surface area (Å²) in [5.74, 6) is 0.844. The Hall–Kier alpha value is -1.18. The maximum Gasteiger partial charge on any atom is 0.192 e. The molecule has 3 nitrogen and oxygen atoms in total. The molecule has 0 bridgehead atoms. The fourth-order valence-corrected chi connectivity index (χ4v) is 3.26. The van der Waals surface area contributed by atoms with E-state index in [9.17, 15) is 0 Å². The van der Waals surface area contributed by atoms with Gasteiger partial charge in [0.05, 0.1) is 0 Å². The van der Waals surface area contributed by atoms with E-state index < -0.39 is 0 Å². The molecule has 0 saturated heterocycles. The van der Waals surface area contributed by atoms with E-state index in [4.69, 9.17) is 8.17 Å². The summed E-state index contributed by atoms with van der Waals surface area (Å²) in [4.78, 5) is 1.03. The third-order valence-corrected chi connectivity index (χ3v) is 4.64. The van der Waals surface area contributed by atoms with Gasteiger partial charge in [-0.05, 0) is 59.4 Å². The van der Waals surface area contributed by atoms with Gasteiger partial charge >= 0.3 is 0 Å². The molecule has 0 radical (unpaired) electrons. The van der Waals surface area contributed by atoms with Crippen molar-refractivity contribution in [2.75, 3.05) is 12.4 Å². The molecule has 26 heavy (non-hydrogen) atoms. The molecule has 142 valence electrons. The second-order valence-corrected chi connectivity index (χ2v) is 7.66. The van der Waals surface area contributed by atoms with Crippen LogP contribution in [0.3, 0.4) is 0 Å². The van der Waals surface area contributed by atoms with Crippen molar-refractivity contribution >= 4 is 47.0 Å². The SMILES string of the molecule is CC/C=C(/Nc1ccc(OI)cc1)c1ccc(S)c(C(C)(C)C)c1.CO. The molecule has 0 amide bonds. The van der Waals surface area contributed by atoms with Gasteiger partial charge in [0.15, 0.2) is 23.0 Å². The summed E-state index contributed by atoms with van der Waals surface area (Å²) < 4.78 is 5.19. The van der Waals surface area contributed by atoms with Crippen molar-refractivity contribution < 1.29 is 8.17 Å². The highest BCUT2D eigenvalue weighted by Gasteiger charge is 2.18. The van der Waals surface area contributed by atoms with Crippen molar-refractivity contribution in [2.45, 2.75) is 44.4 Å². The van der Waals surface area contributed by atoms with E-state index in [1.54, 1.807) is 0 Å². The predicted octanol–water partition coefficient (Wildman–Crippen LogP) is 6.47. The monoisotopic (exact) mass is 485 g/mol. The first-order valence-corrected chi connectivity index (χ1v) is 9.82. The second kappa shape index (κ2) is 10.8. The Labute approximate surface area is 177 Å². The van der Waals surface area contributed by atoms with E-state index in [1.807, 2.05) is 47.3 Å². The first-order valence-electron chi connectivity index (χ1n) is 8.49. The lowest BCUT2D eigenvalue weighted by molar-refractivity contribution is 0.399. The van der Waals surface area contributed by atoms with E-state index in [0.29, 0.717) is 0 Å². The lowest BCUT2D eigenvalue weighted by atomic mass is 9.85. The number of hydrogen-bond donors (Lipinski definition) is 3. The van der Waals surface area contributed by atoms with E-state index in [2.05, 4.69) is 69.9 Å². The number of allylic oxidation sites excluding steroid dienone is 1. The van der Waals surface area contributed by atoms with E-state index >= 15 is 0 Å². The molecule has 0 heterocycles. The molecule has 0 atom stereocenters. The van der Waals surface area contributed by atoms with Crippen LogP contribution in [-0.4, -0.2) is 12.2 Å². The Balaban J connectivity index is 0.00000163. The molecule has 0 spiro atoms. The minimum absolute atomic E-state index is 0.0592. The molecule has 0 aliphatic rings. The minimum Gasteiger partial charge on any atom is -0.428 e. The van der Waals surface area contributed by atoms with E-state index in [1.165, 1.54) is 11.1 Å². The normalized spacial score (nSPS) is 11.5. The van der Waals surface area contributed by atoms with E-state index in [-0.39, 0.29) is 5.41 Å². The summed E-state index contributed by atoms with van der Waals surface area (Å²) in [6.07, 6.45) is 3.17. The van der Waals surface area contributed by atoms with Crippen LogP contribution in [0.25, 0.3) is 5.70 Å². The Bertz CT molecular complexity index is 722. The maximum absolute atomic E-state index is 7.00. The zero-order valence-corrected chi connectivity index (χ0v) is 19.1. The highest BCUT2D eigenvalue weighted by Crippen LogP contribution is 2.31. The molecule has 0 fully saturated rings. The highest BCUT2D eigenvalue weighted by atomic mass is 127. The fourth-order valence-electron chi connectivity index (χ4n) is 2.49. The standard InChI is InChI=1S/C20H24INOS.CH4O/c1-5-6-18(22-15-8-10-16(23-21)11-9-15)14-7-12-19(24)17(13-14)20(2,3)4;1-2/h6-13,22,24H,5H2,1-4H3;2H,1H3/b18-6+;. The molecule has 0 aliphatic carbocycles. The highest BCUT2D eigenvalue weighted by molar-refractivity contribution is 14.1. The van der Waals surface area contributed by atoms with Gasteiger partial charge in [0, 0.05) is 23.4 Å². The van der Waals surface area contributed by atoms with Crippen molar-refractivity contribution in [3.8, 4) is 5.75 Å². The largest absolute Gasteiger partial charge is 0.428 e. The van der Waals surface area contributed by atoms with Crippen molar-refractivity contribution in [1.29, 1.82) is 0 Å². The third kappa shape index (κ3) is 6.52. The number of aliphatic hydroxyl groups excluding tert-OH is 1. The molecular weight excluding hydrogens is 457 g/mol. The second-order valence-electron chi connectivity index (χ2n) is 6.73. The van der Waals surface area contributed by atoms with Gasteiger partial charge in [-0.15, -0.1) is 12.6 Å². The van der Waals surface area contributed by atoms with Crippen molar-refractivity contribution in [3.05, 3.63) is 59.7 Å². The average Bonchev–Trinajstić information content (AvgIpc) is 2.63. The molecule has 5 heteroatoms. The number of anilines is 1. The summed E-state index contributed by atoms with van der Waals surface area (Å²) in [7, 11) is 1.00. The van der Waals surface area contributed by atoms with Gasteiger partial charge in [0.25, 0.3) is 0 Å². The summed E-state index contributed by atoms with van der Waals surface area (Å²) in [5.41, 5.74) is 4.64. The van der Waals surface area contributed by atoms with Crippen molar-refractivity contribution in [1.82, 2.24) is 0 Å². The van der Waals surface area contributed by atoms with Crippen molar-refractivity contribution in [3.63, 3.8) is 0 Å². The lowest BCUT2D eigenvalue weighted by Gasteiger charge is -2.23. The molecule has 2 rings (SSSR count). The number of aliphatic hydroxyl groups is 1. The molecule has 0 saturated carbocycles. The summed E-state index contributed by atoms with van der Waals surface area (Å²) >= 11 is 6.51.